The zero-order valence-electron chi connectivity index (χ0n) is 12.7. The van der Waals surface area contributed by atoms with Crippen LogP contribution in [0.25, 0.3) is 0 Å². The van der Waals surface area contributed by atoms with E-state index in [1.807, 2.05) is 36.4 Å². The first-order valence-corrected chi connectivity index (χ1v) is 7.89. The highest BCUT2D eigenvalue weighted by atomic mass is 19.1. The minimum Gasteiger partial charge on any atom is -0.423 e. The SMILES string of the molecule is OB1OC(N2CCN(c3ccc(F)cc3)CC2)c2ccccc21. The highest BCUT2D eigenvalue weighted by Gasteiger charge is 2.38. The van der Waals surface area contributed by atoms with Crippen LogP contribution in [0, 0.1) is 5.82 Å². The first kappa shape index (κ1) is 14.7. The minimum atomic E-state index is -0.841. The lowest BCUT2D eigenvalue weighted by atomic mass is 9.79. The van der Waals surface area contributed by atoms with Gasteiger partial charge in [0.25, 0.3) is 0 Å². The van der Waals surface area contributed by atoms with Crippen molar-refractivity contribution in [2.45, 2.75) is 6.23 Å². The molecule has 6 heteroatoms. The molecule has 2 aromatic carbocycles. The van der Waals surface area contributed by atoms with E-state index >= 15 is 0 Å². The van der Waals surface area contributed by atoms with Crippen molar-refractivity contribution in [1.82, 2.24) is 4.90 Å². The maximum atomic E-state index is 13.0. The standard InChI is InChI=1S/C17H18BFN2O2/c19-13-5-7-14(8-6-13)20-9-11-21(12-10-20)17-15-3-1-2-4-16(15)18(22)23-17/h1-8,17,22H,9-12H2. The summed E-state index contributed by atoms with van der Waals surface area (Å²) in [5.41, 5.74) is 2.95. The monoisotopic (exact) mass is 312 g/mol. The molecule has 1 saturated heterocycles. The van der Waals surface area contributed by atoms with E-state index in [0.717, 1.165) is 42.9 Å². The van der Waals surface area contributed by atoms with Gasteiger partial charge in [-0.1, -0.05) is 24.3 Å². The van der Waals surface area contributed by atoms with Crippen LogP contribution in [0.4, 0.5) is 10.1 Å². The molecule has 2 aliphatic rings. The van der Waals surface area contributed by atoms with Gasteiger partial charge in [0.05, 0.1) is 0 Å². The Bertz CT molecular complexity index is 689. The third kappa shape index (κ3) is 2.74. The quantitative estimate of drug-likeness (QED) is 0.850. The second-order valence-electron chi connectivity index (χ2n) is 5.97. The van der Waals surface area contributed by atoms with Crippen LogP contribution in [0.2, 0.25) is 0 Å². The van der Waals surface area contributed by atoms with Crippen LogP contribution in [0.3, 0.4) is 0 Å². The molecule has 0 radical (unpaired) electrons. The van der Waals surface area contributed by atoms with E-state index in [9.17, 15) is 9.41 Å². The van der Waals surface area contributed by atoms with E-state index in [4.69, 9.17) is 4.65 Å². The molecule has 0 aliphatic carbocycles. The zero-order valence-corrected chi connectivity index (χ0v) is 12.7. The first-order chi connectivity index (χ1) is 11.2. The van der Waals surface area contributed by atoms with Crippen molar-refractivity contribution in [3.8, 4) is 0 Å². The smallest absolute Gasteiger partial charge is 0.423 e. The fourth-order valence-electron chi connectivity index (χ4n) is 3.38. The van der Waals surface area contributed by atoms with E-state index in [2.05, 4.69) is 9.80 Å². The van der Waals surface area contributed by atoms with Crippen LogP contribution in [0.15, 0.2) is 48.5 Å². The summed E-state index contributed by atoms with van der Waals surface area (Å²) in [5, 5.41) is 10.0. The average Bonchev–Trinajstić information content (AvgIpc) is 2.93. The largest absolute Gasteiger partial charge is 0.492 e. The summed E-state index contributed by atoms with van der Waals surface area (Å²) in [6, 6.07) is 14.4. The topological polar surface area (TPSA) is 35.9 Å². The Labute approximate surface area is 135 Å². The summed E-state index contributed by atoms with van der Waals surface area (Å²) in [6.45, 7) is 3.37. The van der Waals surface area contributed by atoms with Crippen molar-refractivity contribution >= 4 is 18.3 Å². The molecule has 0 aromatic heterocycles. The van der Waals surface area contributed by atoms with Gasteiger partial charge in [-0.3, -0.25) is 4.90 Å². The Morgan fingerprint density at radius 3 is 2.43 bits per heavy atom. The second-order valence-corrected chi connectivity index (χ2v) is 5.97. The third-order valence-corrected chi connectivity index (χ3v) is 4.62. The Morgan fingerprint density at radius 1 is 1.00 bits per heavy atom. The maximum absolute atomic E-state index is 13.0. The van der Waals surface area contributed by atoms with Gasteiger partial charge in [-0.15, -0.1) is 0 Å². The first-order valence-electron chi connectivity index (χ1n) is 7.89. The van der Waals surface area contributed by atoms with E-state index in [0.29, 0.717) is 0 Å². The van der Waals surface area contributed by atoms with Crippen LogP contribution in [0.5, 0.6) is 0 Å². The predicted octanol–water partition coefficient (Wildman–Crippen LogP) is 1.36. The van der Waals surface area contributed by atoms with Gasteiger partial charge in [-0.2, -0.15) is 0 Å². The number of anilines is 1. The van der Waals surface area contributed by atoms with E-state index < -0.39 is 7.12 Å². The molecule has 2 aromatic rings. The molecule has 2 heterocycles. The molecule has 2 aliphatic heterocycles. The predicted molar refractivity (Wildman–Crippen MR) is 88.1 cm³/mol. The molecule has 0 spiro atoms. The normalized spacial score (nSPS) is 21.6. The molecule has 0 bridgehead atoms. The maximum Gasteiger partial charge on any atom is 0.492 e. The zero-order chi connectivity index (χ0) is 15.8. The van der Waals surface area contributed by atoms with Crippen LogP contribution < -0.4 is 10.4 Å². The van der Waals surface area contributed by atoms with Crippen molar-refractivity contribution in [2.24, 2.45) is 0 Å². The molecule has 1 N–H and O–H groups in total. The fourth-order valence-corrected chi connectivity index (χ4v) is 3.38. The number of nitrogens with zero attached hydrogens (tertiary/aromatic N) is 2. The second kappa shape index (κ2) is 5.96. The highest BCUT2D eigenvalue weighted by Crippen LogP contribution is 2.28. The van der Waals surface area contributed by atoms with Gasteiger partial charge in [0.1, 0.15) is 12.0 Å². The molecule has 4 rings (SSSR count). The number of benzene rings is 2. The lowest BCUT2D eigenvalue weighted by Gasteiger charge is -2.39. The molecular weight excluding hydrogens is 294 g/mol. The third-order valence-electron chi connectivity index (χ3n) is 4.62. The molecular formula is C17H18BFN2O2. The fraction of sp³-hybridized carbons (Fsp3) is 0.294. The number of piperazine rings is 1. The van der Waals surface area contributed by atoms with Crippen LogP contribution in [-0.4, -0.2) is 43.2 Å². The molecule has 1 fully saturated rings. The van der Waals surface area contributed by atoms with Crippen LogP contribution in [0.1, 0.15) is 11.8 Å². The average molecular weight is 312 g/mol. The van der Waals surface area contributed by atoms with Crippen molar-refractivity contribution < 1.29 is 14.1 Å². The molecule has 1 unspecified atom stereocenters. The van der Waals surface area contributed by atoms with E-state index in [1.54, 1.807) is 0 Å². The van der Waals surface area contributed by atoms with Crippen molar-refractivity contribution in [1.29, 1.82) is 0 Å². The van der Waals surface area contributed by atoms with Gasteiger partial charge in [0, 0.05) is 31.9 Å². The lowest BCUT2D eigenvalue weighted by Crippen LogP contribution is -2.48. The highest BCUT2D eigenvalue weighted by molar-refractivity contribution is 6.61. The lowest BCUT2D eigenvalue weighted by molar-refractivity contribution is 0.0165. The van der Waals surface area contributed by atoms with Gasteiger partial charge >= 0.3 is 7.12 Å². The van der Waals surface area contributed by atoms with Gasteiger partial charge in [0.15, 0.2) is 0 Å². The van der Waals surface area contributed by atoms with Crippen molar-refractivity contribution in [3.63, 3.8) is 0 Å². The number of fused-ring (bicyclic) bond motifs is 1. The molecule has 0 amide bonds. The Morgan fingerprint density at radius 2 is 1.70 bits per heavy atom. The Kier molecular flexibility index (Phi) is 3.81. The molecule has 23 heavy (non-hydrogen) atoms. The molecule has 1 atom stereocenters. The van der Waals surface area contributed by atoms with Gasteiger partial charge < -0.3 is 14.6 Å². The van der Waals surface area contributed by atoms with E-state index in [-0.39, 0.29) is 12.0 Å². The summed E-state index contributed by atoms with van der Waals surface area (Å²) in [4.78, 5) is 4.49. The minimum absolute atomic E-state index is 0.184. The van der Waals surface area contributed by atoms with E-state index in [1.165, 1.54) is 12.1 Å². The van der Waals surface area contributed by atoms with Gasteiger partial charge in [-0.25, -0.2) is 4.39 Å². The molecule has 0 saturated carbocycles. The summed E-state index contributed by atoms with van der Waals surface area (Å²) in [7, 11) is -0.841. The van der Waals surface area contributed by atoms with Crippen LogP contribution in [-0.2, 0) is 4.65 Å². The van der Waals surface area contributed by atoms with Crippen LogP contribution >= 0.6 is 0 Å². The number of hydrogen-bond acceptors (Lipinski definition) is 4. The summed E-state index contributed by atoms with van der Waals surface area (Å²) in [6.07, 6.45) is -0.184. The number of rotatable bonds is 2. The van der Waals surface area contributed by atoms with Crippen molar-refractivity contribution in [2.75, 3.05) is 31.1 Å². The summed E-state index contributed by atoms with van der Waals surface area (Å²) < 4.78 is 18.8. The van der Waals surface area contributed by atoms with Gasteiger partial charge in [-0.05, 0) is 35.3 Å². The van der Waals surface area contributed by atoms with Crippen molar-refractivity contribution in [3.05, 3.63) is 59.9 Å². The number of halogens is 1. The Hall–Kier alpha value is -1.89. The van der Waals surface area contributed by atoms with Gasteiger partial charge in [0.2, 0.25) is 0 Å². The summed E-state index contributed by atoms with van der Waals surface area (Å²) in [5.74, 6) is -0.211. The Balaban J connectivity index is 1.45. The summed E-state index contributed by atoms with van der Waals surface area (Å²) >= 11 is 0. The number of hydrogen-bond donors (Lipinski definition) is 1. The molecule has 118 valence electrons. The molecule has 4 nitrogen and oxygen atoms in total.